The topological polar surface area (TPSA) is 271 Å². The third-order valence-electron chi connectivity index (χ3n) is 18.7. The predicted octanol–water partition coefficient (Wildman–Crippen LogP) is 17.3. The Morgan fingerprint density at radius 3 is 1.27 bits per heavy atom. The fourth-order valence-electron chi connectivity index (χ4n) is 11.0. The molecule has 0 amide bonds. The van der Waals surface area contributed by atoms with E-state index in [1.165, 1.54) is 154 Å². The summed E-state index contributed by atoms with van der Waals surface area (Å²) in [6.07, 6.45) is 40.1. The number of hydrogen-bond acceptors (Lipinski definition) is 21. The van der Waals surface area contributed by atoms with E-state index in [9.17, 15) is 19.2 Å². The summed E-state index contributed by atoms with van der Waals surface area (Å²) in [4.78, 5) is 71.8. The molecule has 0 bridgehead atoms. The molecular weight excluding hydrogens is 1440 g/mol. The van der Waals surface area contributed by atoms with E-state index in [1.807, 2.05) is 188 Å². The molecule has 1 aliphatic carbocycles. The second kappa shape index (κ2) is 66.2. The van der Waals surface area contributed by atoms with Gasteiger partial charge in [-0.15, -0.1) is 0 Å². The number of nitrogens with zero attached hydrogens (tertiary/aromatic N) is 9. The Morgan fingerprint density at radius 1 is 0.470 bits per heavy atom. The number of aromatic nitrogens is 3. The van der Waals surface area contributed by atoms with Crippen molar-refractivity contribution in [2.24, 2.45) is 27.7 Å². The number of anilines is 3. The van der Waals surface area contributed by atoms with Crippen LogP contribution in [0.2, 0.25) is 0 Å². The van der Waals surface area contributed by atoms with Crippen LogP contribution >= 0.6 is 0 Å². The maximum Gasteiger partial charge on any atom is 0.324 e. The summed E-state index contributed by atoms with van der Waals surface area (Å²) in [7, 11) is 5.78. The van der Waals surface area contributed by atoms with E-state index in [4.69, 9.17) is 17.2 Å². The number of ether oxygens (including phenoxy) is 4. The number of para-hydroxylation sites is 1. The third-order valence-corrected chi connectivity index (χ3v) is 18.7. The van der Waals surface area contributed by atoms with Crippen LogP contribution in [0.3, 0.4) is 0 Å². The van der Waals surface area contributed by atoms with Crippen molar-refractivity contribution in [1.29, 1.82) is 0 Å². The van der Waals surface area contributed by atoms with E-state index in [0.717, 1.165) is 98.9 Å². The van der Waals surface area contributed by atoms with Gasteiger partial charge in [-0.2, -0.15) is 0 Å². The Hall–Kier alpha value is -8.99. The standard InChI is InChI=1S/C10H19NO2.C9H17NO2.C8H15NO2.C7H13NO2.3C7H9N.3C6H7N.C6H12.C5H11N.2C5H7N/c1-3-4-5-6-7-11-8-9(11)10(12)13-2;1-3-4-5-6-10-7-8(10)9(11)12-2;1-3-4-5-9-6-7(9)8(10)11-2;1-3-4-8-5-6(8)7(9)10-2;1-6-2-4-7(8)5-3-6;1-6-3-2-4-7(8)5-6;1-6-4-2-3-5-7(6)8;1-6-2-4-7-5-3-6;1-6-3-2-4-7-5-6;1-6-4-2-3-5-7-6;1-6-4-2-3-5-6;2*1-5-2-3-6-4-5;1-5-3-2-4-6-5/h9H,3-8H2,1-2H3;8H,3-7H2,1-2H3;7H,3-6H2,1-2H3;6H,3-5H2,1-2H3;3*2-5H,8H2,1H3;3*2-5H,1H3;6H,2-5H2,1H3;5-6H,2-4H2,1H3;2*2-5H,1H3. The van der Waals surface area contributed by atoms with Gasteiger partial charge in [-0.1, -0.05) is 185 Å². The number of esters is 4. The number of carbonyl (C=O) groups is 4. The van der Waals surface area contributed by atoms with Gasteiger partial charge in [0.05, 0.1) is 34.5 Å². The highest BCUT2D eigenvalue weighted by molar-refractivity contribution is 5.80. The molecule has 14 rings (SSSR count). The molecule has 115 heavy (non-hydrogen) atoms. The fourth-order valence-corrected chi connectivity index (χ4v) is 11.0. The van der Waals surface area contributed by atoms with E-state index in [-0.39, 0.29) is 48.0 Å². The first-order chi connectivity index (χ1) is 55.3. The number of nitrogens with two attached hydrogens (primary N) is 3. The highest BCUT2D eigenvalue weighted by Crippen LogP contribution is 2.24. The fraction of sp³-hybridized carbons (Fsp3) is 0.543. The van der Waals surface area contributed by atoms with Crippen LogP contribution in [0.25, 0.3) is 0 Å². The Balaban J connectivity index is 0.000000623. The number of carbonyl (C=O) groups excluding carboxylic acids is 4. The van der Waals surface area contributed by atoms with Crippen molar-refractivity contribution in [2.75, 3.05) is 111 Å². The van der Waals surface area contributed by atoms with Crippen LogP contribution in [0.1, 0.15) is 185 Å². The van der Waals surface area contributed by atoms with Crippen molar-refractivity contribution in [3.05, 3.63) is 204 Å². The first kappa shape index (κ1) is 104. The molecule has 11 atom stereocenters. The normalized spacial score (nSPS) is 20.7. The van der Waals surface area contributed by atoms with Gasteiger partial charge < -0.3 is 41.5 Å². The summed E-state index contributed by atoms with van der Waals surface area (Å²) in [6, 6.07) is 37.9. The lowest BCUT2D eigenvalue weighted by atomic mass is 10.2. The monoisotopic (exact) mass is 1590 g/mol. The van der Waals surface area contributed by atoms with Crippen molar-refractivity contribution < 1.29 is 38.1 Å². The van der Waals surface area contributed by atoms with Crippen LogP contribution in [-0.2, 0) is 38.1 Å². The minimum Gasteiger partial charge on any atom is -0.468 e. The summed E-state index contributed by atoms with van der Waals surface area (Å²) in [5.74, 6) is 2.23. The quantitative estimate of drug-likeness (QED) is 0.0205. The second-order valence-corrected chi connectivity index (χ2v) is 29.9. The predicted molar refractivity (Wildman–Crippen MR) is 480 cm³/mol. The highest BCUT2D eigenvalue weighted by Gasteiger charge is 2.42. The molecule has 638 valence electrons. The molecule has 21 nitrogen and oxygen atoms in total. The molecule has 7 aliphatic heterocycles. The molecule has 0 radical (unpaired) electrons. The molecule has 6 fully saturated rings. The molecule has 5 saturated heterocycles. The number of aryl methyl sites for hydroxylation is 6. The van der Waals surface area contributed by atoms with Crippen molar-refractivity contribution in [1.82, 2.24) is 39.9 Å². The molecule has 0 spiro atoms. The lowest BCUT2D eigenvalue weighted by Crippen LogP contribution is -2.15. The van der Waals surface area contributed by atoms with Crippen LogP contribution in [0.15, 0.2) is 181 Å². The maximum atomic E-state index is 11.0. The molecule has 8 aliphatic rings. The van der Waals surface area contributed by atoms with Crippen LogP contribution in [0.4, 0.5) is 17.1 Å². The first-order valence-corrected chi connectivity index (χ1v) is 41.8. The van der Waals surface area contributed by atoms with E-state index in [2.05, 4.69) is 136 Å². The summed E-state index contributed by atoms with van der Waals surface area (Å²) in [6.45, 7) is 39.7. The van der Waals surface area contributed by atoms with Crippen molar-refractivity contribution in [2.45, 2.75) is 223 Å². The zero-order valence-corrected chi connectivity index (χ0v) is 73.6. The molecule has 21 heteroatoms. The van der Waals surface area contributed by atoms with E-state index >= 15 is 0 Å². The summed E-state index contributed by atoms with van der Waals surface area (Å²) >= 11 is 0. The molecule has 10 heterocycles. The van der Waals surface area contributed by atoms with Crippen LogP contribution in [-0.4, -0.2) is 195 Å². The van der Waals surface area contributed by atoms with Crippen LogP contribution in [0.5, 0.6) is 0 Å². The van der Waals surface area contributed by atoms with Gasteiger partial charge >= 0.3 is 23.9 Å². The number of unbranched alkanes of at least 4 members (excludes halogenated alkanes) is 6. The molecule has 11 unspecified atom stereocenters. The SMILES string of the molecule is CC1C=CC=N1.CC1C=CN=C1.CC1CCCC1.CC1CCNC1.CCCCCCN1CC1C(=O)OC.CCCCCN1CC1C(=O)OC.CCCCN1CC1C(=O)OC.CCCN1CC1C(=O)OC.Cc1ccc(N)cc1.Cc1cccc(N)c1.Cc1ccccc1N.Cc1ccccn1.Cc1cccnc1.Cc1ccncc1. The number of nitrogens with one attached hydrogen (secondary N) is 1. The number of rotatable bonds is 18. The average molecular weight is 1590 g/mol. The number of methoxy groups -OCH3 is 4. The maximum absolute atomic E-state index is 11.0. The molecule has 3 aromatic heterocycles. The zero-order valence-electron chi connectivity index (χ0n) is 73.6. The Labute approximate surface area is 694 Å². The van der Waals surface area contributed by atoms with Gasteiger partial charge in [0.25, 0.3) is 0 Å². The average Bonchev–Trinajstić information content (AvgIpc) is 1.70. The Kier molecular flexibility index (Phi) is 59.9. The molecule has 6 aromatic rings. The van der Waals surface area contributed by atoms with Gasteiger partial charge in [-0.3, -0.25) is 63.7 Å². The third kappa shape index (κ3) is 56.8. The lowest BCUT2D eigenvalue weighted by molar-refractivity contribution is -0.141. The first-order valence-electron chi connectivity index (χ1n) is 41.8. The number of benzene rings is 3. The van der Waals surface area contributed by atoms with Gasteiger partial charge in [-0.25, -0.2) is 0 Å². The second-order valence-electron chi connectivity index (χ2n) is 29.9. The lowest BCUT2D eigenvalue weighted by Gasteiger charge is -2.01. The minimum absolute atomic E-state index is 0.0736. The molecular formula is C94H149N13O8. The van der Waals surface area contributed by atoms with E-state index < -0.39 is 0 Å². The number of aliphatic imine (C=N–C) groups is 2. The van der Waals surface area contributed by atoms with Gasteiger partial charge in [0, 0.05) is 104 Å². The van der Waals surface area contributed by atoms with Crippen molar-refractivity contribution >= 4 is 53.4 Å². The van der Waals surface area contributed by atoms with Crippen molar-refractivity contribution in [3.63, 3.8) is 0 Å². The number of nitrogen functional groups attached to an aromatic ring is 3. The minimum atomic E-state index is -0.0894. The number of hydrogen-bond donors (Lipinski definition) is 4. The number of pyridine rings is 3. The number of allylic oxidation sites excluding steroid dienone is 2. The Bertz CT molecular complexity index is 3330. The molecule has 3 aromatic carbocycles. The van der Waals surface area contributed by atoms with Crippen LogP contribution in [0, 0.1) is 59.3 Å². The Morgan fingerprint density at radius 2 is 0.983 bits per heavy atom. The van der Waals surface area contributed by atoms with Gasteiger partial charge in [-0.05, 0) is 221 Å². The van der Waals surface area contributed by atoms with E-state index in [1.54, 1.807) is 24.8 Å². The smallest absolute Gasteiger partial charge is 0.324 e. The molecule has 1 saturated carbocycles. The summed E-state index contributed by atoms with van der Waals surface area (Å²) in [5, 5.41) is 3.27. The van der Waals surface area contributed by atoms with Gasteiger partial charge in [0.15, 0.2) is 0 Å². The summed E-state index contributed by atoms with van der Waals surface area (Å²) < 4.78 is 18.5. The van der Waals surface area contributed by atoms with Crippen molar-refractivity contribution in [3.8, 4) is 0 Å². The zero-order chi connectivity index (χ0) is 85.4. The summed E-state index contributed by atoms with van der Waals surface area (Å²) in [5.41, 5.74) is 26.1. The van der Waals surface area contributed by atoms with Gasteiger partial charge in [0.1, 0.15) is 24.2 Å². The molecule has 7 N–H and O–H groups in total. The van der Waals surface area contributed by atoms with Crippen LogP contribution < -0.4 is 22.5 Å². The van der Waals surface area contributed by atoms with Gasteiger partial charge in [0.2, 0.25) is 0 Å². The van der Waals surface area contributed by atoms with E-state index in [0.29, 0.717) is 12.0 Å². The highest BCUT2D eigenvalue weighted by atomic mass is 16.5. The largest absolute Gasteiger partial charge is 0.468 e.